The van der Waals surface area contributed by atoms with Gasteiger partial charge in [-0.15, -0.1) is 0 Å². The molecule has 0 heterocycles. The van der Waals surface area contributed by atoms with E-state index in [1.165, 1.54) is 0 Å². The highest BCUT2D eigenvalue weighted by atomic mass is 19.1. The van der Waals surface area contributed by atoms with Crippen LogP contribution in [0.25, 0.3) is 0 Å². The lowest BCUT2D eigenvalue weighted by molar-refractivity contribution is -0.156. The Hall–Kier alpha value is -0.640. The molecule has 1 atom stereocenters. The predicted molar refractivity (Wildman–Crippen MR) is 44.4 cm³/mol. The molecule has 72 valence electrons. The number of esters is 1. The molecule has 0 amide bonds. The van der Waals surface area contributed by atoms with Crippen LogP contribution in [-0.2, 0) is 9.53 Å². The summed E-state index contributed by atoms with van der Waals surface area (Å²) >= 11 is 0. The Morgan fingerprint density at radius 2 is 2.08 bits per heavy atom. The van der Waals surface area contributed by atoms with Gasteiger partial charge in [-0.1, -0.05) is 0 Å². The molecule has 0 radical (unpaired) electrons. The van der Waals surface area contributed by atoms with Crippen LogP contribution >= 0.6 is 0 Å². The molecule has 12 heavy (non-hydrogen) atoms. The third-order valence-electron chi connectivity index (χ3n) is 1.13. The molecule has 0 aliphatic heterocycles. The number of carbonyl (C=O) groups is 1. The van der Waals surface area contributed by atoms with Gasteiger partial charge >= 0.3 is 5.97 Å². The summed E-state index contributed by atoms with van der Waals surface area (Å²) in [5.74, 6) is -0.542. The summed E-state index contributed by atoms with van der Waals surface area (Å²) < 4.78 is 16.7. The maximum atomic E-state index is 11.7. The minimum Gasteiger partial charge on any atom is -0.459 e. The molecule has 0 saturated carbocycles. The van der Waals surface area contributed by atoms with Crippen LogP contribution < -0.4 is 5.73 Å². The molecule has 0 saturated heterocycles. The zero-order valence-corrected chi connectivity index (χ0v) is 7.76. The maximum absolute atomic E-state index is 11.7. The average Bonchev–Trinajstić information content (AvgIpc) is 1.84. The highest BCUT2D eigenvalue weighted by Gasteiger charge is 2.21. The lowest BCUT2D eigenvalue weighted by Crippen LogP contribution is -2.37. The summed E-state index contributed by atoms with van der Waals surface area (Å²) in [6, 6.07) is -0.839. The van der Waals surface area contributed by atoms with Gasteiger partial charge < -0.3 is 10.5 Å². The summed E-state index contributed by atoms with van der Waals surface area (Å²) in [4.78, 5) is 11.0. The maximum Gasteiger partial charge on any atom is 0.323 e. The van der Waals surface area contributed by atoms with E-state index < -0.39 is 24.3 Å². The second-order valence-electron chi connectivity index (χ2n) is 3.62. The fourth-order valence-corrected chi connectivity index (χ4v) is 0.613. The summed E-state index contributed by atoms with van der Waals surface area (Å²) in [6.45, 7) is 4.63. The van der Waals surface area contributed by atoms with Gasteiger partial charge in [0.25, 0.3) is 0 Å². The first-order valence-electron chi connectivity index (χ1n) is 3.91. The van der Waals surface area contributed by atoms with Crippen molar-refractivity contribution in [1.29, 1.82) is 0 Å². The zero-order chi connectivity index (χ0) is 9.78. The molecular formula is C8H16FNO2. The van der Waals surface area contributed by atoms with E-state index in [-0.39, 0.29) is 6.42 Å². The van der Waals surface area contributed by atoms with Gasteiger partial charge in [-0.25, -0.2) is 0 Å². The summed E-state index contributed by atoms with van der Waals surface area (Å²) in [5, 5.41) is 0. The number of nitrogens with two attached hydrogens (primary N) is 1. The van der Waals surface area contributed by atoms with Crippen LogP contribution in [0, 0.1) is 0 Å². The van der Waals surface area contributed by atoms with Crippen LogP contribution in [0.5, 0.6) is 0 Å². The second-order valence-corrected chi connectivity index (χ2v) is 3.62. The van der Waals surface area contributed by atoms with E-state index in [1.807, 2.05) is 0 Å². The van der Waals surface area contributed by atoms with E-state index in [9.17, 15) is 9.18 Å². The van der Waals surface area contributed by atoms with E-state index in [1.54, 1.807) is 20.8 Å². The van der Waals surface area contributed by atoms with E-state index in [0.717, 1.165) is 0 Å². The van der Waals surface area contributed by atoms with Crippen LogP contribution in [-0.4, -0.2) is 24.3 Å². The van der Waals surface area contributed by atoms with Crippen molar-refractivity contribution in [1.82, 2.24) is 0 Å². The van der Waals surface area contributed by atoms with Gasteiger partial charge in [0.15, 0.2) is 0 Å². The molecule has 0 spiro atoms. The smallest absolute Gasteiger partial charge is 0.323 e. The van der Waals surface area contributed by atoms with E-state index in [4.69, 9.17) is 10.5 Å². The minimum absolute atomic E-state index is 0.0227. The Bertz CT molecular complexity index is 154. The Labute approximate surface area is 72.1 Å². The van der Waals surface area contributed by atoms with Crippen molar-refractivity contribution in [2.24, 2.45) is 5.73 Å². The molecule has 0 bridgehead atoms. The Balaban J connectivity index is 3.87. The van der Waals surface area contributed by atoms with Crippen LogP contribution in [0.15, 0.2) is 0 Å². The standard InChI is InChI=1S/C8H16FNO2/c1-8(2,3)12-7(11)6(10)4-5-9/h6H,4-5,10H2,1-3H3. The third kappa shape index (κ3) is 5.07. The number of hydrogen-bond donors (Lipinski definition) is 1. The Morgan fingerprint density at radius 1 is 1.58 bits per heavy atom. The first-order valence-corrected chi connectivity index (χ1v) is 3.91. The minimum atomic E-state index is -0.839. The molecule has 0 aromatic heterocycles. The van der Waals surface area contributed by atoms with Crippen molar-refractivity contribution >= 4 is 5.97 Å². The quantitative estimate of drug-likeness (QED) is 0.655. The molecule has 0 aliphatic rings. The van der Waals surface area contributed by atoms with Gasteiger partial charge in [-0.2, -0.15) is 0 Å². The fourth-order valence-electron chi connectivity index (χ4n) is 0.613. The Kier molecular flexibility index (Phi) is 4.17. The molecule has 0 aliphatic carbocycles. The van der Waals surface area contributed by atoms with Gasteiger partial charge in [0, 0.05) is 6.42 Å². The molecule has 0 aromatic carbocycles. The van der Waals surface area contributed by atoms with Crippen LogP contribution in [0.4, 0.5) is 4.39 Å². The van der Waals surface area contributed by atoms with Crippen LogP contribution in [0.2, 0.25) is 0 Å². The molecule has 0 aromatic rings. The molecule has 0 rings (SSSR count). The average molecular weight is 177 g/mol. The zero-order valence-electron chi connectivity index (χ0n) is 7.76. The Morgan fingerprint density at radius 3 is 2.42 bits per heavy atom. The van der Waals surface area contributed by atoms with Crippen molar-refractivity contribution in [3.8, 4) is 0 Å². The van der Waals surface area contributed by atoms with E-state index in [0.29, 0.717) is 0 Å². The molecule has 3 nitrogen and oxygen atoms in total. The van der Waals surface area contributed by atoms with E-state index in [2.05, 4.69) is 0 Å². The summed E-state index contributed by atoms with van der Waals surface area (Å²) in [7, 11) is 0. The largest absolute Gasteiger partial charge is 0.459 e. The second kappa shape index (κ2) is 4.40. The lowest BCUT2D eigenvalue weighted by Gasteiger charge is -2.21. The summed E-state index contributed by atoms with van der Waals surface area (Å²) in [5.41, 5.74) is 4.77. The molecule has 1 unspecified atom stereocenters. The number of hydrogen-bond acceptors (Lipinski definition) is 3. The SMILES string of the molecule is CC(C)(C)OC(=O)C(N)CCF. The van der Waals surface area contributed by atoms with Crippen LogP contribution in [0.3, 0.4) is 0 Å². The molecule has 2 N–H and O–H groups in total. The van der Waals surface area contributed by atoms with E-state index >= 15 is 0 Å². The van der Waals surface area contributed by atoms with Gasteiger partial charge in [0.05, 0.1) is 6.67 Å². The lowest BCUT2D eigenvalue weighted by atomic mass is 10.2. The highest BCUT2D eigenvalue weighted by molar-refractivity contribution is 5.75. The topological polar surface area (TPSA) is 52.3 Å². The van der Waals surface area contributed by atoms with Crippen LogP contribution in [0.1, 0.15) is 27.2 Å². The molecule has 4 heteroatoms. The van der Waals surface area contributed by atoms with Crippen molar-refractivity contribution in [3.05, 3.63) is 0 Å². The fraction of sp³-hybridized carbons (Fsp3) is 0.875. The van der Waals surface area contributed by atoms with Gasteiger partial charge in [0.1, 0.15) is 11.6 Å². The monoisotopic (exact) mass is 177 g/mol. The number of carbonyl (C=O) groups excluding carboxylic acids is 1. The predicted octanol–water partition coefficient (Wildman–Crippen LogP) is 1.01. The first kappa shape index (κ1) is 11.4. The number of halogens is 1. The third-order valence-corrected chi connectivity index (χ3v) is 1.13. The van der Waals surface area contributed by atoms with Gasteiger partial charge in [0.2, 0.25) is 0 Å². The normalized spacial score (nSPS) is 14.1. The number of alkyl halides is 1. The van der Waals surface area contributed by atoms with Crippen molar-refractivity contribution < 1.29 is 13.9 Å². The number of rotatable bonds is 3. The van der Waals surface area contributed by atoms with Gasteiger partial charge in [-0.05, 0) is 20.8 Å². The number of ether oxygens (including phenoxy) is 1. The van der Waals surface area contributed by atoms with Crippen molar-refractivity contribution in [2.45, 2.75) is 38.8 Å². The van der Waals surface area contributed by atoms with Crippen molar-refractivity contribution in [2.75, 3.05) is 6.67 Å². The summed E-state index contributed by atoms with van der Waals surface area (Å²) in [6.07, 6.45) is 0.0227. The highest BCUT2D eigenvalue weighted by Crippen LogP contribution is 2.08. The first-order chi connectivity index (χ1) is 5.37. The molecular weight excluding hydrogens is 161 g/mol. The molecule has 0 fully saturated rings. The van der Waals surface area contributed by atoms with Crippen molar-refractivity contribution in [3.63, 3.8) is 0 Å². The van der Waals surface area contributed by atoms with Gasteiger partial charge in [-0.3, -0.25) is 9.18 Å².